The van der Waals surface area contributed by atoms with Crippen LogP contribution in [-0.4, -0.2) is 34.4 Å². The maximum absolute atomic E-state index is 9.54. The molecule has 108 valence electrons. The SMILES string of the molecule is OCC1CCCCCN1Cc1cc(-c2cccs2)on1. The van der Waals surface area contributed by atoms with E-state index in [1.165, 1.54) is 19.3 Å². The molecule has 1 N–H and O–H groups in total. The van der Waals surface area contributed by atoms with Gasteiger partial charge in [0.15, 0.2) is 5.76 Å². The fraction of sp³-hybridized carbons (Fsp3) is 0.533. The first-order valence-electron chi connectivity index (χ1n) is 7.21. The van der Waals surface area contributed by atoms with E-state index in [-0.39, 0.29) is 12.6 Å². The number of likely N-dealkylation sites (tertiary alicyclic amines) is 1. The third kappa shape index (κ3) is 3.11. The topological polar surface area (TPSA) is 49.5 Å². The highest BCUT2D eigenvalue weighted by Gasteiger charge is 2.21. The summed E-state index contributed by atoms with van der Waals surface area (Å²) in [6, 6.07) is 6.33. The van der Waals surface area contributed by atoms with Gasteiger partial charge in [-0.05, 0) is 30.8 Å². The Bertz CT molecular complexity index is 524. The van der Waals surface area contributed by atoms with Crippen LogP contribution in [0.2, 0.25) is 0 Å². The zero-order chi connectivity index (χ0) is 13.8. The van der Waals surface area contributed by atoms with Crippen molar-refractivity contribution in [1.82, 2.24) is 10.1 Å². The Labute approximate surface area is 123 Å². The van der Waals surface area contributed by atoms with Gasteiger partial charge in [0.25, 0.3) is 0 Å². The molecule has 1 unspecified atom stereocenters. The average molecular weight is 292 g/mol. The molecule has 1 fully saturated rings. The Balaban J connectivity index is 1.70. The van der Waals surface area contributed by atoms with Crippen LogP contribution in [0.3, 0.4) is 0 Å². The lowest BCUT2D eigenvalue weighted by Crippen LogP contribution is -2.36. The van der Waals surface area contributed by atoms with Crippen LogP contribution < -0.4 is 0 Å². The van der Waals surface area contributed by atoms with Gasteiger partial charge in [-0.2, -0.15) is 0 Å². The van der Waals surface area contributed by atoms with Crippen molar-refractivity contribution in [2.24, 2.45) is 0 Å². The molecule has 2 aromatic heterocycles. The molecule has 0 saturated carbocycles. The number of rotatable bonds is 4. The summed E-state index contributed by atoms with van der Waals surface area (Å²) in [5.74, 6) is 0.838. The largest absolute Gasteiger partial charge is 0.395 e. The molecule has 2 aromatic rings. The lowest BCUT2D eigenvalue weighted by Gasteiger charge is -2.27. The molecule has 0 radical (unpaired) electrons. The molecule has 1 aliphatic rings. The molecular formula is C15H20N2O2S. The second-order valence-electron chi connectivity index (χ2n) is 5.32. The van der Waals surface area contributed by atoms with Crippen molar-refractivity contribution < 1.29 is 9.63 Å². The van der Waals surface area contributed by atoms with Crippen molar-refractivity contribution in [2.45, 2.75) is 38.3 Å². The normalized spacial score (nSPS) is 20.9. The molecule has 0 spiro atoms. The van der Waals surface area contributed by atoms with Gasteiger partial charge in [-0.3, -0.25) is 4.90 Å². The minimum absolute atomic E-state index is 0.232. The fourth-order valence-electron chi connectivity index (χ4n) is 2.78. The number of aliphatic hydroxyl groups excluding tert-OH is 1. The van der Waals surface area contributed by atoms with Gasteiger partial charge in [0, 0.05) is 18.7 Å². The number of nitrogens with zero attached hydrogens (tertiary/aromatic N) is 2. The van der Waals surface area contributed by atoms with Crippen molar-refractivity contribution in [3.63, 3.8) is 0 Å². The Morgan fingerprint density at radius 2 is 2.35 bits per heavy atom. The van der Waals surface area contributed by atoms with E-state index < -0.39 is 0 Å². The molecule has 0 amide bonds. The molecule has 1 aliphatic heterocycles. The Morgan fingerprint density at radius 3 is 3.15 bits per heavy atom. The number of aromatic nitrogens is 1. The predicted molar refractivity (Wildman–Crippen MR) is 79.6 cm³/mol. The van der Waals surface area contributed by atoms with Crippen molar-refractivity contribution in [1.29, 1.82) is 0 Å². The number of thiophene rings is 1. The van der Waals surface area contributed by atoms with Crippen molar-refractivity contribution in [3.8, 4) is 10.6 Å². The second kappa shape index (κ2) is 6.52. The smallest absolute Gasteiger partial charge is 0.177 e. The van der Waals surface area contributed by atoms with E-state index in [0.29, 0.717) is 0 Å². The van der Waals surface area contributed by atoms with E-state index in [2.05, 4.69) is 10.1 Å². The van der Waals surface area contributed by atoms with Gasteiger partial charge < -0.3 is 9.63 Å². The van der Waals surface area contributed by atoms with Gasteiger partial charge in [0.1, 0.15) is 0 Å². The molecule has 20 heavy (non-hydrogen) atoms. The fourth-order valence-corrected chi connectivity index (χ4v) is 3.45. The number of hydrogen-bond acceptors (Lipinski definition) is 5. The molecule has 5 heteroatoms. The van der Waals surface area contributed by atoms with E-state index in [1.54, 1.807) is 11.3 Å². The second-order valence-corrected chi connectivity index (χ2v) is 6.26. The van der Waals surface area contributed by atoms with Crippen LogP contribution in [0.4, 0.5) is 0 Å². The van der Waals surface area contributed by atoms with Gasteiger partial charge in [-0.1, -0.05) is 24.1 Å². The maximum Gasteiger partial charge on any atom is 0.177 e. The van der Waals surface area contributed by atoms with E-state index in [4.69, 9.17) is 4.52 Å². The van der Waals surface area contributed by atoms with E-state index >= 15 is 0 Å². The van der Waals surface area contributed by atoms with Crippen LogP contribution in [0.1, 0.15) is 31.4 Å². The molecule has 4 nitrogen and oxygen atoms in total. The highest BCUT2D eigenvalue weighted by Crippen LogP contribution is 2.26. The van der Waals surface area contributed by atoms with Crippen molar-refractivity contribution in [3.05, 3.63) is 29.3 Å². The predicted octanol–water partition coefficient (Wildman–Crippen LogP) is 3.14. The summed E-state index contributed by atoms with van der Waals surface area (Å²) in [7, 11) is 0. The highest BCUT2D eigenvalue weighted by atomic mass is 32.1. The molecule has 1 atom stereocenters. The van der Waals surface area contributed by atoms with Crippen LogP contribution >= 0.6 is 11.3 Å². The summed E-state index contributed by atoms with van der Waals surface area (Å²) in [6.45, 7) is 2.03. The minimum atomic E-state index is 0.232. The van der Waals surface area contributed by atoms with E-state index in [9.17, 15) is 5.11 Å². The Hall–Kier alpha value is -1.17. The molecule has 1 saturated heterocycles. The first-order chi connectivity index (χ1) is 9.86. The average Bonchev–Trinajstić information content (AvgIpc) is 3.08. The van der Waals surface area contributed by atoms with Crippen molar-refractivity contribution in [2.75, 3.05) is 13.2 Å². The summed E-state index contributed by atoms with van der Waals surface area (Å²) in [5, 5.41) is 15.7. The lowest BCUT2D eigenvalue weighted by molar-refractivity contribution is 0.116. The zero-order valence-electron chi connectivity index (χ0n) is 11.5. The van der Waals surface area contributed by atoms with Crippen molar-refractivity contribution >= 4 is 11.3 Å². The third-order valence-corrected chi connectivity index (χ3v) is 4.78. The first kappa shape index (κ1) is 13.8. The van der Waals surface area contributed by atoms with Crippen LogP contribution in [0.25, 0.3) is 10.6 Å². The van der Waals surface area contributed by atoms with Gasteiger partial charge >= 0.3 is 0 Å². The van der Waals surface area contributed by atoms with Crippen LogP contribution in [0.15, 0.2) is 28.1 Å². The summed E-state index contributed by atoms with van der Waals surface area (Å²) < 4.78 is 5.42. The molecular weight excluding hydrogens is 272 g/mol. The van der Waals surface area contributed by atoms with Gasteiger partial charge in [-0.25, -0.2) is 0 Å². The van der Waals surface area contributed by atoms with E-state index in [1.807, 2.05) is 23.6 Å². The minimum Gasteiger partial charge on any atom is -0.395 e. The number of aliphatic hydroxyl groups is 1. The van der Waals surface area contributed by atoms with Crippen LogP contribution in [0, 0.1) is 0 Å². The highest BCUT2D eigenvalue weighted by molar-refractivity contribution is 7.13. The van der Waals surface area contributed by atoms with Crippen LogP contribution in [0.5, 0.6) is 0 Å². The summed E-state index contributed by atoms with van der Waals surface area (Å²) in [5.41, 5.74) is 0.953. The Kier molecular flexibility index (Phi) is 4.50. The molecule has 0 aromatic carbocycles. The quantitative estimate of drug-likeness (QED) is 0.940. The standard InChI is InChI=1S/C15H20N2O2S/c18-11-13-5-2-1-3-7-17(13)10-12-9-14(19-16-12)15-6-4-8-20-15/h4,6,8-9,13,18H,1-3,5,7,10-11H2. The summed E-state index contributed by atoms with van der Waals surface area (Å²) >= 11 is 1.66. The molecule has 0 bridgehead atoms. The molecule has 3 rings (SSSR count). The number of hydrogen-bond donors (Lipinski definition) is 1. The monoisotopic (exact) mass is 292 g/mol. The summed E-state index contributed by atoms with van der Waals surface area (Å²) in [6.07, 6.45) is 4.74. The van der Waals surface area contributed by atoms with Gasteiger partial charge in [-0.15, -0.1) is 11.3 Å². The van der Waals surface area contributed by atoms with Gasteiger partial charge in [0.2, 0.25) is 0 Å². The van der Waals surface area contributed by atoms with Gasteiger partial charge in [0.05, 0.1) is 17.2 Å². The van der Waals surface area contributed by atoms with Crippen LogP contribution in [-0.2, 0) is 6.54 Å². The molecule has 0 aliphatic carbocycles. The maximum atomic E-state index is 9.54. The molecule has 3 heterocycles. The third-order valence-electron chi connectivity index (χ3n) is 3.90. The van der Waals surface area contributed by atoms with E-state index in [0.717, 1.165) is 35.8 Å². The first-order valence-corrected chi connectivity index (χ1v) is 8.09. The lowest BCUT2D eigenvalue weighted by atomic mass is 10.1. The Morgan fingerprint density at radius 1 is 1.40 bits per heavy atom. The summed E-state index contributed by atoms with van der Waals surface area (Å²) in [4.78, 5) is 3.45. The zero-order valence-corrected chi connectivity index (χ0v) is 12.3.